The van der Waals surface area contributed by atoms with E-state index < -0.39 is 6.09 Å². The summed E-state index contributed by atoms with van der Waals surface area (Å²) in [5, 5.41) is 9.96. The number of nitrogens with one attached hydrogen (secondary N) is 1. The number of piperidine rings is 1. The van der Waals surface area contributed by atoms with Crippen molar-refractivity contribution in [2.45, 2.75) is 51.4 Å². The third-order valence-corrected chi connectivity index (χ3v) is 7.85. The predicted molar refractivity (Wildman–Crippen MR) is 150 cm³/mol. The molecule has 7 heteroatoms. The van der Waals surface area contributed by atoms with Crippen molar-refractivity contribution in [3.8, 4) is 0 Å². The Labute approximate surface area is 223 Å². The number of imidazole rings is 1. The molecule has 0 saturated carbocycles. The van der Waals surface area contributed by atoms with Crippen molar-refractivity contribution in [1.82, 2.24) is 19.4 Å². The fourth-order valence-electron chi connectivity index (χ4n) is 6.14. The second-order valence-electron chi connectivity index (χ2n) is 10.3. The Kier molecular flexibility index (Phi) is 7.94. The number of likely N-dealkylation sites (tertiary alicyclic amines) is 1. The Morgan fingerprint density at radius 1 is 0.974 bits per heavy atom. The highest BCUT2D eigenvalue weighted by atomic mass is 16.4. The van der Waals surface area contributed by atoms with E-state index in [4.69, 9.17) is 0 Å². The Morgan fingerprint density at radius 3 is 2.18 bits per heavy atom. The van der Waals surface area contributed by atoms with Crippen molar-refractivity contribution in [1.29, 1.82) is 0 Å². The number of aromatic amines is 1. The highest BCUT2D eigenvalue weighted by Crippen LogP contribution is 2.37. The summed E-state index contributed by atoms with van der Waals surface area (Å²) in [6.07, 6.45) is 1.58. The van der Waals surface area contributed by atoms with E-state index in [1.54, 1.807) is 0 Å². The van der Waals surface area contributed by atoms with E-state index in [0.29, 0.717) is 19.5 Å². The van der Waals surface area contributed by atoms with Gasteiger partial charge in [-0.15, -0.1) is 0 Å². The molecule has 7 nitrogen and oxygen atoms in total. The number of hydrogen-bond donors (Lipinski definition) is 2. The van der Waals surface area contributed by atoms with Gasteiger partial charge in [0, 0.05) is 44.2 Å². The van der Waals surface area contributed by atoms with Gasteiger partial charge in [0.25, 0.3) is 0 Å². The van der Waals surface area contributed by atoms with E-state index in [-0.39, 0.29) is 23.7 Å². The van der Waals surface area contributed by atoms with Gasteiger partial charge in [-0.25, -0.2) is 9.59 Å². The van der Waals surface area contributed by atoms with Gasteiger partial charge in [0.15, 0.2) is 0 Å². The summed E-state index contributed by atoms with van der Waals surface area (Å²) < 4.78 is 1.89. The van der Waals surface area contributed by atoms with Gasteiger partial charge in [-0.05, 0) is 36.1 Å². The van der Waals surface area contributed by atoms with Crippen molar-refractivity contribution in [3.63, 3.8) is 0 Å². The van der Waals surface area contributed by atoms with E-state index >= 15 is 0 Å². The highest BCUT2D eigenvalue weighted by molar-refractivity contribution is 5.75. The number of carboxylic acid groups (broad SMARTS) is 1. The summed E-state index contributed by atoms with van der Waals surface area (Å²) in [4.78, 5) is 32.5. The largest absolute Gasteiger partial charge is 0.465 e. The molecule has 3 atom stereocenters. The molecule has 0 aliphatic carbocycles. The number of fused-ring (bicyclic) bond motifs is 1. The first-order chi connectivity index (χ1) is 18.5. The predicted octanol–water partition coefficient (Wildman–Crippen LogP) is 5.74. The first kappa shape index (κ1) is 25.8. The molecule has 1 aromatic heterocycles. The van der Waals surface area contributed by atoms with E-state index in [0.717, 1.165) is 37.0 Å². The summed E-state index contributed by atoms with van der Waals surface area (Å²) in [5.74, 6) is -0.0517. The van der Waals surface area contributed by atoms with Gasteiger partial charge in [0.05, 0.1) is 11.0 Å². The lowest BCUT2D eigenvalue weighted by atomic mass is 9.82. The first-order valence-corrected chi connectivity index (χ1v) is 13.5. The smallest absolute Gasteiger partial charge is 0.407 e. The molecule has 0 radical (unpaired) electrons. The number of H-pyrrole nitrogens is 1. The topological polar surface area (TPSA) is 81.6 Å². The van der Waals surface area contributed by atoms with Crippen LogP contribution in [0.25, 0.3) is 11.0 Å². The molecule has 1 saturated heterocycles. The zero-order chi connectivity index (χ0) is 26.5. The number of rotatable bonds is 9. The lowest BCUT2D eigenvalue weighted by molar-refractivity contribution is 0.0318. The molecule has 38 heavy (non-hydrogen) atoms. The van der Waals surface area contributed by atoms with Crippen LogP contribution in [0.1, 0.15) is 43.4 Å². The second-order valence-corrected chi connectivity index (χ2v) is 10.3. The van der Waals surface area contributed by atoms with Crippen molar-refractivity contribution >= 4 is 17.1 Å². The molecule has 2 N–H and O–H groups in total. The van der Waals surface area contributed by atoms with Crippen molar-refractivity contribution in [2.24, 2.45) is 5.92 Å². The molecule has 1 amide bonds. The fraction of sp³-hybridized carbons (Fsp3) is 0.355. The van der Waals surface area contributed by atoms with Gasteiger partial charge in [0.1, 0.15) is 0 Å². The summed E-state index contributed by atoms with van der Waals surface area (Å²) in [5.41, 5.74) is 4.00. The zero-order valence-corrected chi connectivity index (χ0v) is 21.9. The van der Waals surface area contributed by atoms with E-state index in [2.05, 4.69) is 65.3 Å². The summed E-state index contributed by atoms with van der Waals surface area (Å²) >= 11 is 0. The molecule has 3 unspecified atom stereocenters. The Bertz CT molecular complexity index is 1360. The third-order valence-electron chi connectivity index (χ3n) is 7.85. The number of benzene rings is 3. The fourth-order valence-corrected chi connectivity index (χ4v) is 6.14. The number of para-hydroxylation sites is 2. The molecular weight excluding hydrogens is 476 g/mol. The van der Waals surface area contributed by atoms with E-state index in [9.17, 15) is 14.7 Å². The standard InChI is InChI=1S/C31H36N4O3/c1-2-11-27(34(20-23-12-5-3-6-13-23)21-24-14-7-4-8-15-24)25-22-33(31(37)38)19-18-28(25)35-29-17-10-9-16-26(29)32-30(35)36/h3-10,12-17,25,27-28H,2,11,18-22H2,1H3,(H,32,36)(H,37,38). The monoisotopic (exact) mass is 512 g/mol. The minimum Gasteiger partial charge on any atom is -0.465 e. The maximum absolute atomic E-state index is 13.3. The van der Waals surface area contributed by atoms with Gasteiger partial charge in [0.2, 0.25) is 0 Å². The number of amides is 1. The van der Waals surface area contributed by atoms with Crippen LogP contribution in [0.15, 0.2) is 89.7 Å². The van der Waals surface area contributed by atoms with Crippen LogP contribution in [-0.4, -0.2) is 49.7 Å². The van der Waals surface area contributed by atoms with Crippen molar-refractivity contribution in [2.75, 3.05) is 13.1 Å². The van der Waals surface area contributed by atoms with Crippen LogP contribution >= 0.6 is 0 Å². The lowest BCUT2D eigenvalue weighted by Crippen LogP contribution is -2.53. The van der Waals surface area contributed by atoms with E-state index in [1.807, 2.05) is 41.0 Å². The minimum atomic E-state index is -0.896. The molecule has 1 aliphatic rings. The Morgan fingerprint density at radius 2 is 1.58 bits per heavy atom. The van der Waals surface area contributed by atoms with Gasteiger partial charge in [-0.1, -0.05) is 86.1 Å². The molecule has 0 spiro atoms. The van der Waals surface area contributed by atoms with Gasteiger partial charge >= 0.3 is 11.8 Å². The zero-order valence-electron chi connectivity index (χ0n) is 21.9. The molecule has 2 heterocycles. The first-order valence-electron chi connectivity index (χ1n) is 13.5. The number of aromatic nitrogens is 2. The average molecular weight is 513 g/mol. The normalized spacial score (nSPS) is 18.6. The van der Waals surface area contributed by atoms with Crippen LogP contribution in [-0.2, 0) is 13.1 Å². The van der Waals surface area contributed by atoms with Crippen LogP contribution in [0.3, 0.4) is 0 Å². The molecular formula is C31H36N4O3. The molecule has 3 aromatic carbocycles. The summed E-state index contributed by atoms with van der Waals surface area (Å²) in [6, 6.07) is 28.6. The molecule has 5 rings (SSSR count). The van der Waals surface area contributed by atoms with Crippen LogP contribution in [0, 0.1) is 5.92 Å². The maximum Gasteiger partial charge on any atom is 0.407 e. The number of nitrogens with zero attached hydrogens (tertiary/aromatic N) is 3. The molecule has 4 aromatic rings. The van der Waals surface area contributed by atoms with Gasteiger partial charge < -0.3 is 15.0 Å². The average Bonchev–Trinajstić information content (AvgIpc) is 3.27. The number of hydrogen-bond acceptors (Lipinski definition) is 3. The minimum absolute atomic E-state index is 0.0517. The molecule has 0 bridgehead atoms. The van der Waals surface area contributed by atoms with Crippen LogP contribution in [0.5, 0.6) is 0 Å². The molecule has 1 aliphatic heterocycles. The van der Waals surface area contributed by atoms with Crippen molar-refractivity contribution < 1.29 is 9.90 Å². The maximum atomic E-state index is 13.3. The quantitative estimate of drug-likeness (QED) is 0.300. The van der Waals surface area contributed by atoms with Gasteiger partial charge in [-0.2, -0.15) is 0 Å². The van der Waals surface area contributed by atoms with Gasteiger partial charge in [-0.3, -0.25) is 9.47 Å². The number of carbonyl (C=O) groups is 1. The molecule has 198 valence electrons. The Hall–Kier alpha value is -3.84. The van der Waals surface area contributed by atoms with E-state index in [1.165, 1.54) is 16.0 Å². The highest BCUT2D eigenvalue weighted by Gasteiger charge is 2.40. The Balaban J connectivity index is 1.58. The summed E-state index contributed by atoms with van der Waals surface area (Å²) in [7, 11) is 0. The third kappa shape index (κ3) is 5.53. The van der Waals surface area contributed by atoms with Crippen LogP contribution < -0.4 is 5.69 Å². The van der Waals surface area contributed by atoms with Crippen molar-refractivity contribution in [3.05, 3.63) is 107 Å². The molecule has 1 fully saturated rings. The SMILES string of the molecule is CCCC(C1CN(C(=O)O)CCC1n1c(=O)[nH]c2ccccc21)N(Cc1ccccc1)Cc1ccccc1. The van der Waals surface area contributed by atoms with Crippen LogP contribution in [0.4, 0.5) is 4.79 Å². The lowest BCUT2D eigenvalue weighted by Gasteiger charge is -2.45. The van der Waals surface area contributed by atoms with Crippen LogP contribution in [0.2, 0.25) is 0 Å². The summed E-state index contributed by atoms with van der Waals surface area (Å²) in [6.45, 7) is 4.50. The second kappa shape index (κ2) is 11.7.